The highest BCUT2D eigenvalue weighted by Crippen LogP contribution is 2.39. The Bertz CT molecular complexity index is 2010. The van der Waals surface area contributed by atoms with Gasteiger partial charge in [0, 0.05) is 23.2 Å². The fourth-order valence-electron chi connectivity index (χ4n) is 5.74. The number of esters is 1. The maximum absolute atomic E-state index is 14.6. The molecule has 0 radical (unpaired) electrons. The lowest BCUT2D eigenvalue weighted by Crippen LogP contribution is -2.46. The maximum atomic E-state index is 14.6. The molecule has 3 heterocycles. The van der Waals surface area contributed by atoms with Crippen molar-refractivity contribution in [2.75, 3.05) is 32.3 Å². The van der Waals surface area contributed by atoms with Crippen molar-refractivity contribution >= 4 is 50.1 Å². The molecule has 1 aliphatic rings. The van der Waals surface area contributed by atoms with Gasteiger partial charge in [0.25, 0.3) is 5.91 Å². The number of nitrogens with zero attached hydrogens (tertiary/aromatic N) is 3. The molecule has 0 bridgehead atoms. The molecule has 0 saturated carbocycles. The molecule has 250 valence electrons. The predicted molar refractivity (Wildman–Crippen MR) is 186 cm³/mol. The van der Waals surface area contributed by atoms with Gasteiger partial charge in [-0.2, -0.15) is 0 Å². The highest BCUT2D eigenvalue weighted by Gasteiger charge is 2.34. The van der Waals surface area contributed by atoms with Crippen molar-refractivity contribution in [2.24, 2.45) is 5.92 Å². The Balaban J connectivity index is 1.43. The van der Waals surface area contributed by atoms with Crippen molar-refractivity contribution in [1.29, 1.82) is 0 Å². The van der Waals surface area contributed by atoms with Crippen LogP contribution in [0.4, 0.5) is 5.82 Å². The summed E-state index contributed by atoms with van der Waals surface area (Å²) in [7, 11) is 1.25. The molecular formula is C36H39N5O6S. The number of carbonyl (C=O) groups is 3. The van der Waals surface area contributed by atoms with E-state index in [1.54, 1.807) is 40.5 Å². The molecular weight excluding hydrogens is 630 g/mol. The summed E-state index contributed by atoms with van der Waals surface area (Å²) in [5.74, 6) is 0.393. The second-order valence-corrected chi connectivity index (χ2v) is 14.1. The smallest absolute Gasteiger partial charge is 0.325 e. The van der Waals surface area contributed by atoms with Crippen LogP contribution < -0.4 is 20.1 Å². The lowest BCUT2D eigenvalue weighted by Gasteiger charge is -2.33. The summed E-state index contributed by atoms with van der Waals surface area (Å²) in [6, 6.07) is 19.6. The summed E-state index contributed by atoms with van der Waals surface area (Å²) >= 11 is 1.60. The summed E-state index contributed by atoms with van der Waals surface area (Å²) in [5.41, 5.74) is 3.15. The number of methoxy groups -OCH3 is 1. The van der Waals surface area contributed by atoms with Crippen LogP contribution in [0.5, 0.6) is 11.5 Å². The Morgan fingerprint density at radius 1 is 1.02 bits per heavy atom. The zero-order chi connectivity index (χ0) is 34.2. The summed E-state index contributed by atoms with van der Waals surface area (Å²) in [6.07, 6.45) is 0. The van der Waals surface area contributed by atoms with Crippen molar-refractivity contribution < 1.29 is 28.6 Å². The van der Waals surface area contributed by atoms with Crippen molar-refractivity contribution in [3.05, 3.63) is 77.9 Å². The van der Waals surface area contributed by atoms with E-state index in [0.29, 0.717) is 22.6 Å². The Hall–Kier alpha value is -5.10. The van der Waals surface area contributed by atoms with Gasteiger partial charge in [-0.1, -0.05) is 55.5 Å². The molecule has 1 atom stereocenters. The first kappa shape index (κ1) is 32.8. The first-order valence-electron chi connectivity index (χ1n) is 15.8. The van der Waals surface area contributed by atoms with Crippen LogP contribution in [-0.4, -0.2) is 64.6 Å². The quantitative estimate of drug-likeness (QED) is 0.167. The molecule has 48 heavy (non-hydrogen) atoms. The standard InChI is InChI=1S/C36H39N5O6S/c1-21(2)19-40(31(33(43)37-18-29(42)45-6)23-14-15-26-27(17-23)47-20-46-26)34(44)24-11-9-10-22(16-24)30-32(39-36(3,4)5)41-25-12-7-8-13-28(25)48-35(41)38-30/h7-17,21,31,39H,18-20H2,1-6H3,(H,37,43). The van der Waals surface area contributed by atoms with Gasteiger partial charge in [0.1, 0.15) is 24.1 Å². The molecule has 2 N–H and O–H groups in total. The fourth-order valence-corrected chi connectivity index (χ4v) is 6.76. The van der Waals surface area contributed by atoms with Gasteiger partial charge in [0.15, 0.2) is 16.5 Å². The third-order valence-corrected chi connectivity index (χ3v) is 8.78. The molecule has 0 fully saturated rings. The molecule has 11 nitrogen and oxygen atoms in total. The summed E-state index contributed by atoms with van der Waals surface area (Å²) < 4.78 is 19.1. The van der Waals surface area contributed by atoms with Gasteiger partial charge in [-0.25, -0.2) is 4.98 Å². The van der Waals surface area contributed by atoms with Crippen LogP contribution in [-0.2, 0) is 14.3 Å². The Morgan fingerprint density at radius 3 is 2.54 bits per heavy atom. The van der Waals surface area contributed by atoms with Crippen LogP contribution in [0.3, 0.4) is 0 Å². The molecule has 2 aromatic heterocycles. The molecule has 6 rings (SSSR count). The zero-order valence-electron chi connectivity index (χ0n) is 27.8. The SMILES string of the molecule is COC(=O)CNC(=O)C(c1ccc2c(c1)OCO2)N(CC(C)C)C(=O)c1cccc(-c2nc3sc4ccccc4n3c2NC(C)(C)C)c1. The van der Waals surface area contributed by atoms with E-state index in [4.69, 9.17) is 19.2 Å². The fraction of sp³-hybridized carbons (Fsp3) is 0.333. The Morgan fingerprint density at radius 2 is 1.79 bits per heavy atom. The van der Waals surface area contributed by atoms with Gasteiger partial charge in [-0.3, -0.25) is 18.8 Å². The molecule has 0 saturated heterocycles. The van der Waals surface area contributed by atoms with E-state index in [1.165, 1.54) is 7.11 Å². The second-order valence-electron chi connectivity index (χ2n) is 13.1. The predicted octanol–water partition coefficient (Wildman–Crippen LogP) is 6.28. The van der Waals surface area contributed by atoms with Crippen LogP contribution in [0.25, 0.3) is 26.4 Å². The van der Waals surface area contributed by atoms with E-state index >= 15 is 0 Å². The van der Waals surface area contributed by atoms with Crippen LogP contribution in [0.1, 0.15) is 56.6 Å². The number of thiazole rings is 1. The number of anilines is 1. The number of imidazole rings is 1. The lowest BCUT2D eigenvalue weighted by atomic mass is 9.99. The Labute approximate surface area is 282 Å². The molecule has 3 aromatic carbocycles. The third kappa shape index (κ3) is 6.66. The number of aromatic nitrogens is 2. The molecule has 0 spiro atoms. The topological polar surface area (TPSA) is 123 Å². The summed E-state index contributed by atoms with van der Waals surface area (Å²) in [5, 5.41) is 6.30. The van der Waals surface area contributed by atoms with E-state index in [1.807, 2.05) is 44.2 Å². The minimum atomic E-state index is -1.08. The van der Waals surface area contributed by atoms with Crippen molar-refractivity contribution in [3.8, 4) is 22.8 Å². The third-order valence-electron chi connectivity index (χ3n) is 7.76. The van der Waals surface area contributed by atoms with E-state index in [0.717, 1.165) is 32.3 Å². The number of fused-ring (bicyclic) bond motifs is 4. The van der Waals surface area contributed by atoms with Crippen molar-refractivity contribution in [1.82, 2.24) is 19.6 Å². The number of carbonyl (C=O) groups excluding carboxylic acids is 3. The first-order chi connectivity index (χ1) is 22.9. The minimum Gasteiger partial charge on any atom is -0.468 e. The molecule has 2 amide bonds. The largest absolute Gasteiger partial charge is 0.468 e. The average Bonchev–Trinajstić information content (AvgIpc) is 3.76. The normalized spacial score (nSPS) is 13.1. The zero-order valence-corrected chi connectivity index (χ0v) is 28.6. The highest BCUT2D eigenvalue weighted by molar-refractivity contribution is 7.23. The van der Waals surface area contributed by atoms with Crippen LogP contribution >= 0.6 is 11.3 Å². The van der Waals surface area contributed by atoms with E-state index in [-0.39, 0.29) is 37.2 Å². The van der Waals surface area contributed by atoms with E-state index in [9.17, 15) is 14.4 Å². The number of rotatable bonds is 10. The number of benzene rings is 3. The lowest BCUT2D eigenvalue weighted by molar-refractivity contribution is -0.141. The van der Waals surface area contributed by atoms with Crippen LogP contribution in [0.15, 0.2) is 66.7 Å². The summed E-state index contributed by atoms with van der Waals surface area (Å²) in [6.45, 7) is 10.2. The monoisotopic (exact) mass is 669 g/mol. The number of amides is 2. The molecule has 12 heteroatoms. The van der Waals surface area contributed by atoms with Crippen molar-refractivity contribution in [3.63, 3.8) is 0 Å². The Kier molecular flexibility index (Phi) is 9.02. The molecule has 0 aliphatic carbocycles. The average molecular weight is 670 g/mol. The van der Waals surface area contributed by atoms with Gasteiger partial charge >= 0.3 is 5.97 Å². The number of para-hydroxylation sites is 1. The van der Waals surface area contributed by atoms with Crippen LogP contribution in [0, 0.1) is 5.92 Å². The second kappa shape index (κ2) is 13.2. The van der Waals surface area contributed by atoms with E-state index < -0.39 is 17.9 Å². The minimum absolute atomic E-state index is 0.0119. The van der Waals surface area contributed by atoms with E-state index in [2.05, 4.69) is 47.9 Å². The van der Waals surface area contributed by atoms with Gasteiger partial charge in [-0.05, 0) is 68.7 Å². The molecule has 1 unspecified atom stereocenters. The van der Waals surface area contributed by atoms with Crippen molar-refractivity contribution in [2.45, 2.75) is 46.2 Å². The highest BCUT2D eigenvalue weighted by atomic mass is 32.1. The first-order valence-corrected chi connectivity index (χ1v) is 16.6. The summed E-state index contributed by atoms with van der Waals surface area (Å²) in [4.78, 5) is 47.8. The van der Waals surface area contributed by atoms with Gasteiger partial charge in [0.2, 0.25) is 12.7 Å². The van der Waals surface area contributed by atoms with Gasteiger partial charge in [-0.15, -0.1) is 0 Å². The number of ether oxygens (including phenoxy) is 3. The number of hydrogen-bond donors (Lipinski definition) is 2. The number of hydrogen-bond acceptors (Lipinski definition) is 9. The van der Waals surface area contributed by atoms with Gasteiger partial charge in [0.05, 0.1) is 17.3 Å². The maximum Gasteiger partial charge on any atom is 0.325 e. The number of nitrogens with one attached hydrogen (secondary N) is 2. The van der Waals surface area contributed by atoms with Gasteiger partial charge < -0.3 is 29.7 Å². The molecule has 5 aromatic rings. The molecule has 1 aliphatic heterocycles. The van der Waals surface area contributed by atoms with Crippen LogP contribution in [0.2, 0.25) is 0 Å².